The third-order valence-corrected chi connectivity index (χ3v) is 5.92. The number of amides is 1. The molecule has 3 rings (SSSR count). The van der Waals surface area contributed by atoms with Gasteiger partial charge in [0.25, 0.3) is 5.56 Å². The lowest BCUT2D eigenvalue weighted by molar-refractivity contribution is -0.136. The van der Waals surface area contributed by atoms with Crippen molar-refractivity contribution in [2.75, 3.05) is 6.54 Å². The van der Waals surface area contributed by atoms with E-state index in [-0.39, 0.29) is 22.9 Å². The van der Waals surface area contributed by atoms with Gasteiger partial charge in [0.1, 0.15) is 5.82 Å². The van der Waals surface area contributed by atoms with Crippen LogP contribution in [0.2, 0.25) is 0 Å². The molecule has 0 radical (unpaired) electrons. The highest BCUT2D eigenvalue weighted by molar-refractivity contribution is 5.79. The molecular weight excluding hydrogens is 410 g/mol. The molecule has 1 unspecified atom stereocenters. The maximum absolute atomic E-state index is 13.8. The third kappa shape index (κ3) is 5.35. The number of fused-ring (bicyclic) bond motifs is 1. The number of nitrogens with zero attached hydrogens (tertiary/aromatic N) is 3. The Morgan fingerprint density at radius 2 is 1.79 bits per heavy atom. The van der Waals surface area contributed by atoms with E-state index in [0.29, 0.717) is 36.1 Å². The van der Waals surface area contributed by atoms with Crippen molar-refractivity contribution in [3.63, 3.8) is 0 Å². The molecule has 0 N–H and O–H groups in total. The number of aromatic nitrogens is 2. The molecule has 3 aromatic rings. The minimum Gasteiger partial charge on any atom is -0.332 e. The zero-order valence-corrected chi connectivity index (χ0v) is 21.1. The van der Waals surface area contributed by atoms with E-state index in [1.54, 1.807) is 4.57 Å². The Labute approximate surface area is 197 Å². The number of aryl methyl sites for hydroxylation is 2. The molecule has 176 valence electrons. The molecule has 0 saturated heterocycles. The molecule has 1 heterocycles. The summed E-state index contributed by atoms with van der Waals surface area (Å²) in [5, 5.41) is 0.583. The highest BCUT2D eigenvalue weighted by atomic mass is 16.2. The van der Waals surface area contributed by atoms with E-state index in [1.165, 1.54) is 0 Å². The van der Waals surface area contributed by atoms with Gasteiger partial charge >= 0.3 is 0 Å². The van der Waals surface area contributed by atoms with Gasteiger partial charge in [-0.25, -0.2) is 4.98 Å². The van der Waals surface area contributed by atoms with Gasteiger partial charge in [-0.3, -0.25) is 14.2 Å². The van der Waals surface area contributed by atoms with Crippen LogP contribution in [0.1, 0.15) is 76.9 Å². The molecule has 1 atom stereocenters. The molecule has 0 aliphatic rings. The van der Waals surface area contributed by atoms with Crippen molar-refractivity contribution in [3.05, 3.63) is 69.8 Å². The SMILES string of the molecule is CCCN(C(=O)CC(C)(C)C)C(CC)c1nc2ccccc2c(=O)n1-c1ccc(C)cc1C. The average molecular weight is 448 g/mol. The molecule has 1 aromatic heterocycles. The lowest BCUT2D eigenvalue weighted by atomic mass is 9.91. The van der Waals surface area contributed by atoms with Crippen LogP contribution in [0.25, 0.3) is 16.6 Å². The number of hydrogen-bond donors (Lipinski definition) is 0. The second kappa shape index (κ2) is 9.90. The summed E-state index contributed by atoms with van der Waals surface area (Å²) in [7, 11) is 0. The lowest BCUT2D eigenvalue weighted by Crippen LogP contribution is -2.40. The van der Waals surface area contributed by atoms with E-state index in [9.17, 15) is 9.59 Å². The van der Waals surface area contributed by atoms with Crippen molar-refractivity contribution >= 4 is 16.8 Å². The molecular formula is C28H37N3O2. The van der Waals surface area contributed by atoms with Crippen molar-refractivity contribution in [1.29, 1.82) is 0 Å². The maximum Gasteiger partial charge on any atom is 0.266 e. The van der Waals surface area contributed by atoms with Crippen molar-refractivity contribution in [1.82, 2.24) is 14.5 Å². The van der Waals surface area contributed by atoms with Crippen molar-refractivity contribution in [3.8, 4) is 5.69 Å². The first-order valence-electron chi connectivity index (χ1n) is 12.0. The molecule has 0 bridgehead atoms. The third-order valence-electron chi connectivity index (χ3n) is 5.92. The highest BCUT2D eigenvalue weighted by Gasteiger charge is 2.30. The summed E-state index contributed by atoms with van der Waals surface area (Å²) in [5.74, 6) is 0.731. The van der Waals surface area contributed by atoms with Crippen LogP contribution < -0.4 is 5.56 Å². The van der Waals surface area contributed by atoms with Gasteiger partial charge in [0, 0.05) is 13.0 Å². The molecule has 0 saturated carbocycles. The first-order valence-corrected chi connectivity index (χ1v) is 12.0. The zero-order valence-electron chi connectivity index (χ0n) is 21.1. The van der Waals surface area contributed by atoms with Gasteiger partial charge in [-0.1, -0.05) is 64.4 Å². The number of carbonyl (C=O) groups excluding carboxylic acids is 1. The maximum atomic E-state index is 13.8. The summed E-state index contributed by atoms with van der Waals surface area (Å²) in [6, 6.07) is 13.3. The zero-order chi connectivity index (χ0) is 24.3. The van der Waals surface area contributed by atoms with Gasteiger partial charge in [0.2, 0.25) is 5.91 Å². The summed E-state index contributed by atoms with van der Waals surface area (Å²) >= 11 is 0. The topological polar surface area (TPSA) is 55.2 Å². The van der Waals surface area contributed by atoms with E-state index < -0.39 is 0 Å². The predicted octanol–water partition coefficient (Wildman–Crippen LogP) is 6.13. The first-order chi connectivity index (χ1) is 15.6. The Hall–Kier alpha value is -2.95. The Bertz CT molecular complexity index is 1200. The fraction of sp³-hybridized carbons (Fsp3) is 0.464. The molecule has 5 heteroatoms. The summed E-state index contributed by atoms with van der Waals surface area (Å²) in [6.45, 7) is 15.1. The number of rotatable bonds is 7. The Morgan fingerprint density at radius 1 is 1.09 bits per heavy atom. The Kier molecular flexibility index (Phi) is 7.41. The Balaban J connectivity index is 2.30. The minimum absolute atomic E-state index is 0.0966. The molecule has 2 aromatic carbocycles. The van der Waals surface area contributed by atoms with E-state index in [1.807, 2.05) is 55.1 Å². The van der Waals surface area contributed by atoms with Gasteiger partial charge in [-0.05, 0) is 55.9 Å². The number of para-hydroxylation sites is 1. The smallest absolute Gasteiger partial charge is 0.266 e. The average Bonchev–Trinajstić information content (AvgIpc) is 2.73. The quantitative estimate of drug-likeness (QED) is 0.438. The van der Waals surface area contributed by atoms with Crippen LogP contribution in [0.4, 0.5) is 0 Å². The number of hydrogen-bond acceptors (Lipinski definition) is 3. The molecule has 0 aliphatic heterocycles. The van der Waals surface area contributed by atoms with Gasteiger partial charge in [0.05, 0.1) is 22.6 Å². The Morgan fingerprint density at radius 3 is 2.39 bits per heavy atom. The van der Waals surface area contributed by atoms with E-state index >= 15 is 0 Å². The minimum atomic E-state index is -0.294. The van der Waals surface area contributed by atoms with E-state index in [2.05, 4.69) is 40.7 Å². The van der Waals surface area contributed by atoms with Gasteiger partial charge in [0.15, 0.2) is 0 Å². The molecule has 33 heavy (non-hydrogen) atoms. The van der Waals surface area contributed by atoms with Crippen LogP contribution in [-0.4, -0.2) is 26.9 Å². The van der Waals surface area contributed by atoms with Crippen LogP contribution in [-0.2, 0) is 4.79 Å². The summed E-state index contributed by atoms with van der Waals surface area (Å²) in [6.07, 6.45) is 1.96. The fourth-order valence-corrected chi connectivity index (χ4v) is 4.46. The van der Waals surface area contributed by atoms with Gasteiger partial charge in [-0.2, -0.15) is 0 Å². The van der Waals surface area contributed by atoms with Crippen LogP contribution in [0.15, 0.2) is 47.3 Å². The normalized spacial score (nSPS) is 12.7. The first kappa shape index (κ1) is 24.7. The monoisotopic (exact) mass is 447 g/mol. The standard InChI is InChI=1S/C28H37N3O2/c1-8-16-30(25(32)18-28(5,6)7)23(9-2)26-29-22-13-11-10-12-21(22)27(33)31(26)24-15-14-19(3)17-20(24)4/h10-15,17,23H,8-9,16,18H2,1-7H3. The molecule has 1 amide bonds. The van der Waals surface area contributed by atoms with E-state index in [4.69, 9.17) is 4.98 Å². The van der Waals surface area contributed by atoms with Crippen LogP contribution >= 0.6 is 0 Å². The predicted molar refractivity (Wildman–Crippen MR) is 136 cm³/mol. The lowest BCUT2D eigenvalue weighted by Gasteiger charge is -2.34. The van der Waals surface area contributed by atoms with Gasteiger partial charge in [-0.15, -0.1) is 0 Å². The van der Waals surface area contributed by atoms with Crippen molar-refractivity contribution in [2.45, 2.75) is 73.8 Å². The summed E-state index contributed by atoms with van der Waals surface area (Å²) < 4.78 is 1.73. The molecule has 0 spiro atoms. The fourth-order valence-electron chi connectivity index (χ4n) is 4.46. The van der Waals surface area contributed by atoms with Crippen LogP contribution in [0.3, 0.4) is 0 Å². The molecule has 0 aliphatic carbocycles. The van der Waals surface area contributed by atoms with Crippen molar-refractivity contribution in [2.24, 2.45) is 5.41 Å². The van der Waals surface area contributed by atoms with Crippen LogP contribution in [0, 0.1) is 19.3 Å². The summed E-state index contributed by atoms with van der Waals surface area (Å²) in [4.78, 5) is 34.2. The summed E-state index contributed by atoms with van der Waals surface area (Å²) in [5.41, 5.74) is 3.41. The molecule has 5 nitrogen and oxygen atoms in total. The van der Waals surface area contributed by atoms with Crippen LogP contribution in [0.5, 0.6) is 0 Å². The second-order valence-corrected chi connectivity index (χ2v) is 10.2. The number of carbonyl (C=O) groups is 1. The van der Waals surface area contributed by atoms with Crippen molar-refractivity contribution < 1.29 is 4.79 Å². The molecule has 0 fully saturated rings. The second-order valence-electron chi connectivity index (χ2n) is 10.2. The highest BCUT2D eigenvalue weighted by Crippen LogP contribution is 2.30. The van der Waals surface area contributed by atoms with Gasteiger partial charge < -0.3 is 4.90 Å². The largest absolute Gasteiger partial charge is 0.332 e. The van der Waals surface area contributed by atoms with E-state index in [0.717, 1.165) is 23.2 Å². The number of benzene rings is 2.